The smallest absolute Gasteiger partial charge is 0.227 e. The summed E-state index contributed by atoms with van der Waals surface area (Å²) in [7, 11) is 0. The molecule has 2 atom stereocenters. The number of nitrogens with one attached hydrogen (secondary N) is 1. The fourth-order valence-electron chi connectivity index (χ4n) is 2.06. The lowest BCUT2D eigenvalue weighted by atomic mass is 9.78. The van der Waals surface area contributed by atoms with E-state index in [1.807, 2.05) is 0 Å². The first kappa shape index (κ1) is 9.93. The van der Waals surface area contributed by atoms with Crippen molar-refractivity contribution in [1.29, 1.82) is 0 Å². The molecule has 0 radical (unpaired) electrons. The zero-order chi connectivity index (χ0) is 10.2. The Morgan fingerprint density at radius 2 is 2.21 bits per heavy atom. The second-order valence-corrected chi connectivity index (χ2v) is 4.71. The minimum atomic E-state index is -0.146. The molecule has 80 valence electrons. The Balaban J connectivity index is 1.88. The van der Waals surface area contributed by atoms with Crippen molar-refractivity contribution in [2.24, 2.45) is 11.7 Å². The van der Waals surface area contributed by atoms with Gasteiger partial charge in [-0.05, 0) is 26.2 Å². The van der Waals surface area contributed by atoms with Gasteiger partial charge in [-0.25, -0.2) is 0 Å². The molecule has 1 aliphatic heterocycles. The Morgan fingerprint density at radius 1 is 1.50 bits per heavy atom. The second kappa shape index (κ2) is 3.51. The summed E-state index contributed by atoms with van der Waals surface area (Å²) in [5, 5.41) is 3.07. The fourth-order valence-corrected chi connectivity index (χ4v) is 2.06. The lowest BCUT2D eigenvalue weighted by Gasteiger charge is -2.40. The first-order valence-electron chi connectivity index (χ1n) is 5.26. The molecule has 1 heterocycles. The van der Waals surface area contributed by atoms with Crippen LogP contribution in [0.4, 0.5) is 0 Å². The van der Waals surface area contributed by atoms with E-state index < -0.39 is 0 Å². The van der Waals surface area contributed by atoms with Crippen molar-refractivity contribution in [3.05, 3.63) is 0 Å². The van der Waals surface area contributed by atoms with Gasteiger partial charge in [0.15, 0.2) is 0 Å². The van der Waals surface area contributed by atoms with Gasteiger partial charge in [0.1, 0.15) is 0 Å². The molecule has 0 aromatic rings. The van der Waals surface area contributed by atoms with E-state index in [0.29, 0.717) is 13.2 Å². The Morgan fingerprint density at radius 3 is 2.64 bits per heavy atom. The fraction of sp³-hybridized carbons (Fsp3) is 0.900. The molecule has 0 aromatic heterocycles. The van der Waals surface area contributed by atoms with Gasteiger partial charge in [0.05, 0.1) is 19.1 Å². The molecule has 1 saturated heterocycles. The van der Waals surface area contributed by atoms with Crippen LogP contribution in [-0.2, 0) is 9.53 Å². The Bertz CT molecular complexity index is 238. The predicted octanol–water partition coefficient (Wildman–Crippen LogP) is 0.0189. The van der Waals surface area contributed by atoms with Crippen LogP contribution in [0, 0.1) is 5.92 Å². The lowest BCUT2D eigenvalue weighted by Crippen LogP contribution is -2.54. The van der Waals surface area contributed by atoms with Crippen molar-refractivity contribution < 1.29 is 9.53 Å². The van der Waals surface area contributed by atoms with E-state index in [4.69, 9.17) is 10.5 Å². The minimum absolute atomic E-state index is 0.0272. The molecule has 4 nitrogen and oxygen atoms in total. The number of hydrogen-bond acceptors (Lipinski definition) is 3. The highest BCUT2D eigenvalue weighted by atomic mass is 16.5. The molecule has 0 bridgehead atoms. The summed E-state index contributed by atoms with van der Waals surface area (Å²) >= 11 is 0. The first-order valence-corrected chi connectivity index (χ1v) is 5.26. The number of nitrogens with two attached hydrogens (primary N) is 1. The number of amides is 1. The second-order valence-electron chi connectivity index (χ2n) is 4.71. The SMILES string of the molecule is CC1(NC(=O)C2COCC2N)CCC1. The molecule has 2 fully saturated rings. The Labute approximate surface area is 84.2 Å². The molecule has 3 N–H and O–H groups in total. The van der Waals surface area contributed by atoms with Crippen molar-refractivity contribution in [1.82, 2.24) is 5.32 Å². The van der Waals surface area contributed by atoms with E-state index in [-0.39, 0.29) is 23.4 Å². The van der Waals surface area contributed by atoms with Crippen LogP contribution in [-0.4, -0.2) is 30.7 Å². The van der Waals surface area contributed by atoms with Crippen molar-refractivity contribution in [3.63, 3.8) is 0 Å². The van der Waals surface area contributed by atoms with Gasteiger partial charge in [-0.3, -0.25) is 4.79 Å². The van der Waals surface area contributed by atoms with E-state index in [0.717, 1.165) is 12.8 Å². The van der Waals surface area contributed by atoms with E-state index in [1.54, 1.807) is 0 Å². The van der Waals surface area contributed by atoms with Crippen LogP contribution >= 0.6 is 0 Å². The van der Waals surface area contributed by atoms with Gasteiger partial charge in [0.2, 0.25) is 5.91 Å². The maximum atomic E-state index is 11.8. The van der Waals surface area contributed by atoms with Crippen molar-refractivity contribution in [2.45, 2.75) is 37.8 Å². The highest BCUT2D eigenvalue weighted by Gasteiger charge is 2.38. The molecular formula is C10H18N2O2. The molecule has 1 saturated carbocycles. The van der Waals surface area contributed by atoms with E-state index in [2.05, 4.69) is 12.2 Å². The van der Waals surface area contributed by atoms with Gasteiger partial charge >= 0.3 is 0 Å². The minimum Gasteiger partial charge on any atom is -0.379 e. The third kappa shape index (κ3) is 1.77. The van der Waals surface area contributed by atoms with Gasteiger partial charge in [-0.2, -0.15) is 0 Å². The number of carbonyl (C=O) groups is 1. The molecule has 2 unspecified atom stereocenters. The number of rotatable bonds is 2. The average molecular weight is 198 g/mol. The summed E-state index contributed by atoms with van der Waals surface area (Å²) in [4.78, 5) is 11.8. The Kier molecular flexibility index (Phi) is 2.49. The highest BCUT2D eigenvalue weighted by molar-refractivity contribution is 5.80. The average Bonchev–Trinajstić information content (AvgIpc) is 2.48. The van der Waals surface area contributed by atoms with Crippen molar-refractivity contribution >= 4 is 5.91 Å². The van der Waals surface area contributed by atoms with Crippen LogP contribution < -0.4 is 11.1 Å². The zero-order valence-corrected chi connectivity index (χ0v) is 8.58. The van der Waals surface area contributed by atoms with E-state index in [1.165, 1.54) is 6.42 Å². The summed E-state index contributed by atoms with van der Waals surface area (Å²) in [6.45, 7) is 3.08. The molecule has 0 aromatic carbocycles. The standard InChI is InChI=1S/C10H18N2O2/c1-10(3-2-4-10)12-9(13)7-5-14-6-8(7)11/h7-8H,2-6,11H2,1H3,(H,12,13). The van der Waals surface area contributed by atoms with Crippen LogP contribution in [0.25, 0.3) is 0 Å². The molecular weight excluding hydrogens is 180 g/mol. The zero-order valence-electron chi connectivity index (χ0n) is 8.58. The largest absolute Gasteiger partial charge is 0.379 e. The van der Waals surface area contributed by atoms with Gasteiger partial charge in [-0.1, -0.05) is 0 Å². The first-order chi connectivity index (χ1) is 6.61. The number of carbonyl (C=O) groups excluding carboxylic acids is 1. The van der Waals surface area contributed by atoms with Crippen LogP contribution in [0.2, 0.25) is 0 Å². The van der Waals surface area contributed by atoms with Gasteiger partial charge in [0, 0.05) is 11.6 Å². The quantitative estimate of drug-likeness (QED) is 0.657. The summed E-state index contributed by atoms with van der Waals surface area (Å²) in [6.07, 6.45) is 3.38. The highest BCUT2D eigenvalue weighted by Crippen LogP contribution is 2.31. The van der Waals surface area contributed by atoms with Crippen LogP contribution in [0.15, 0.2) is 0 Å². The van der Waals surface area contributed by atoms with Crippen molar-refractivity contribution in [2.75, 3.05) is 13.2 Å². The maximum absolute atomic E-state index is 11.8. The molecule has 0 spiro atoms. The van der Waals surface area contributed by atoms with Gasteiger partial charge in [0.25, 0.3) is 0 Å². The molecule has 1 aliphatic carbocycles. The number of hydrogen-bond donors (Lipinski definition) is 2. The van der Waals surface area contributed by atoms with Gasteiger partial charge < -0.3 is 15.8 Å². The van der Waals surface area contributed by atoms with Crippen molar-refractivity contribution in [3.8, 4) is 0 Å². The van der Waals surface area contributed by atoms with E-state index in [9.17, 15) is 4.79 Å². The summed E-state index contributed by atoms with van der Waals surface area (Å²) in [5.41, 5.74) is 5.80. The molecule has 1 amide bonds. The normalized spacial score (nSPS) is 35.0. The third-order valence-corrected chi connectivity index (χ3v) is 3.34. The van der Waals surface area contributed by atoms with Gasteiger partial charge in [-0.15, -0.1) is 0 Å². The summed E-state index contributed by atoms with van der Waals surface area (Å²) in [6, 6.07) is -0.126. The number of ether oxygens (including phenoxy) is 1. The molecule has 2 rings (SSSR count). The molecule has 2 aliphatic rings. The lowest BCUT2D eigenvalue weighted by molar-refractivity contribution is -0.128. The van der Waals surface area contributed by atoms with Crippen LogP contribution in [0.3, 0.4) is 0 Å². The van der Waals surface area contributed by atoms with E-state index >= 15 is 0 Å². The van der Waals surface area contributed by atoms with Crippen LogP contribution in [0.5, 0.6) is 0 Å². The monoisotopic (exact) mass is 198 g/mol. The maximum Gasteiger partial charge on any atom is 0.227 e. The van der Waals surface area contributed by atoms with Crippen LogP contribution in [0.1, 0.15) is 26.2 Å². The summed E-state index contributed by atoms with van der Waals surface area (Å²) in [5.74, 6) is -0.0791. The topological polar surface area (TPSA) is 64.3 Å². The molecule has 14 heavy (non-hydrogen) atoms. The third-order valence-electron chi connectivity index (χ3n) is 3.34. The molecule has 4 heteroatoms. The Hall–Kier alpha value is -0.610. The predicted molar refractivity (Wildman–Crippen MR) is 52.7 cm³/mol. The summed E-state index contributed by atoms with van der Waals surface area (Å²) < 4.78 is 5.17.